The zero-order chi connectivity index (χ0) is 18.0. The molecule has 2 heterocycles. The molecule has 1 atom stereocenters. The number of carbonyl (C=O) groups is 1. The molecule has 2 aromatic rings. The zero-order valence-electron chi connectivity index (χ0n) is 13.0. The van der Waals surface area contributed by atoms with Crippen molar-refractivity contribution in [3.63, 3.8) is 0 Å². The van der Waals surface area contributed by atoms with Crippen LogP contribution in [0.3, 0.4) is 0 Å². The summed E-state index contributed by atoms with van der Waals surface area (Å²) in [5.74, 6) is -0.806. The van der Waals surface area contributed by atoms with Crippen LogP contribution in [0.2, 0.25) is 10.0 Å². The number of esters is 1. The van der Waals surface area contributed by atoms with Crippen molar-refractivity contribution in [1.82, 2.24) is 4.31 Å². The van der Waals surface area contributed by atoms with E-state index in [0.29, 0.717) is 24.4 Å². The Kier molecular flexibility index (Phi) is 5.70. The van der Waals surface area contributed by atoms with Crippen LogP contribution in [0.4, 0.5) is 0 Å². The van der Waals surface area contributed by atoms with Gasteiger partial charge in [0.2, 0.25) is 0 Å². The Morgan fingerprint density at radius 1 is 1.28 bits per heavy atom. The summed E-state index contributed by atoms with van der Waals surface area (Å²) < 4.78 is 32.2. The van der Waals surface area contributed by atoms with Crippen molar-refractivity contribution in [3.05, 3.63) is 45.8 Å². The molecule has 1 aliphatic heterocycles. The fraction of sp³-hybridized carbons (Fsp3) is 0.312. The Hall–Kier alpha value is -1.12. The van der Waals surface area contributed by atoms with Gasteiger partial charge in [-0.1, -0.05) is 29.3 Å². The molecule has 0 bridgehead atoms. The zero-order valence-corrected chi connectivity index (χ0v) is 16.2. The van der Waals surface area contributed by atoms with E-state index >= 15 is 0 Å². The average molecular weight is 420 g/mol. The van der Waals surface area contributed by atoms with Crippen LogP contribution in [-0.2, 0) is 14.8 Å². The number of nitrogens with zero attached hydrogens (tertiary/aromatic N) is 1. The summed E-state index contributed by atoms with van der Waals surface area (Å²) in [6, 6.07) is 7.83. The SMILES string of the molecule is O=C(Oc1ccc(Cl)cc1Cl)C1CCCN(S(=O)(=O)c2cccs2)C1. The van der Waals surface area contributed by atoms with Crippen molar-refractivity contribution in [3.8, 4) is 5.75 Å². The number of halogens is 2. The molecule has 25 heavy (non-hydrogen) atoms. The topological polar surface area (TPSA) is 63.7 Å². The van der Waals surface area contributed by atoms with E-state index in [1.807, 2.05) is 0 Å². The highest BCUT2D eigenvalue weighted by Crippen LogP contribution is 2.30. The normalized spacial score (nSPS) is 18.9. The number of hydrogen-bond acceptors (Lipinski definition) is 5. The molecule has 0 spiro atoms. The molecule has 0 aliphatic carbocycles. The molecule has 134 valence electrons. The first-order chi connectivity index (χ1) is 11.9. The average Bonchev–Trinajstić information content (AvgIpc) is 3.13. The Morgan fingerprint density at radius 3 is 2.76 bits per heavy atom. The van der Waals surface area contributed by atoms with Crippen LogP contribution in [-0.4, -0.2) is 31.8 Å². The number of hydrogen-bond donors (Lipinski definition) is 0. The molecule has 0 saturated carbocycles. The van der Waals surface area contributed by atoms with E-state index in [-0.39, 0.29) is 21.5 Å². The van der Waals surface area contributed by atoms with E-state index in [2.05, 4.69) is 0 Å². The standard InChI is InChI=1S/C16H15Cl2NO4S2/c17-12-5-6-14(13(18)9-12)23-16(20)11-3-1-7-19(10-11)25(21,22)15-4-2-8-24-15/h2,4-6,8-9,11H,1,3,7,10H2. The molecule has 0 N–H and O–H groups in total. The second kappa shape index (κ2) is 7.63. The molecule has 0 radical (unpaired) electrons. The van der Waals surface area contributed by atoms with Gasteiger partial charge in [-0.05, 0) is 42.5 Å². The minimum Gasteiger partial charge on any atom is -0.425 e. The molecule has 3 rings (SSSR count). The van der Waals surface area contributed by atoms with E-state index in [1.165, 1.54) is 16.4 Å². The predicted molar refractivity (Wildman–Crippen MR) is 97.9 cm³/mol. The van der Waals surface area contributed by atoms with E-state index in [9.17, 15) is 13.2 Å². The van der Waals surface area contributed by atoms with Gasteiger partial charge in [-0.2, -0.15) is 4.31 Å². The lowest BCUT2D eigenvalue weighted by Crippen LogP contribution is -2.43. The number of sulfonamides is 1. The summed E-state index contributed by atoms with van der Waals surface area (Å²) in [6.45, 7) is 0.496. The van der Waals surface area contributed by atoms with E-state index < -0.39 is 21.9 Å². The van der Waals surface area contributed by atoms with Crippen LogP contribution >= 0.6 is 34.5 Å². The summed E-state index contributed by atoms with van der Waals surface area (Å²) in [4.78, 5) is 12.4. The molecular formula is C16H15Cl2NO4S2. The Balaban J connectivity index is 1.72. The quantitative estimate of drug-likeness (QED) is 0.553. The molecule has 0 amide bonds. The summed E-state index contributed by atoms with van der Waals surface area (Å²) in [5.41, 5.74) is 0. The second-order valence-corrected chi connectivity index (χ2v) is 9.59. The monoisotopic (exact) mass is 419 g/mol. The van der Waals surface area contributed by atoms with Crippen molar-refractivity contribution in [2.45, 2.75) is 17.1 Å². The smallest absolute Gasteiger partial charge is 0.315 e. The largest absolute Gasteiger partial charge is 0.425 e. The summed E-state index contributed by atoms with van der Waals surface area (Å²) in [6.07, 6.45) is 1.17. The van der Waals surface area contributed by atoms with Crippen molar-refractivity contribution in [2.24, 2.45) is 5.92 Å². The lowest BCUT2D eigenvalue weighted by molar-refractivity contribution is -0.140. The fourth-order valence-electron chi connectivity index (χ4n) is 2.64. The molecule has 1 saturated heterocycles. The van der Waals surface area contributed by atoms with Crippen molar-refractivity contribution >= 4 is 50.5 Å². The Labute approximate surface area is 160 Å². The first-order valence-corrected chi connectivity index (χ1v) is 10.7. The van der Waals surface area contributed by atoms with Crippen molar-refractivity contribution in [1.29, 1.82) is 0 Å². The van der Waals surface area contributed by atoms with Gasteiger partial charge >= 0.3 is 5.97 Å². The third kappa shape index (κ3) is 4.17. The van der Waals surface area contributed by atoms with Crippen LogP contribution in [0.5, 0.6) is 5.75 Å². The molecule has 1 aromatic carbocycles. The molecule has 9 heteroatoms. The van der Waals surface area contributed by atoms with Crippen molar-refractivity contribution in [2.75, 3.05) is 13.1 Å². The van der Waals surface area contributed by atoms with Gasteiger partial charge in [0.1, 0.15) is 9.96 Å². The summed E-state index contributed by atoms with van der Waals surface area (Å²) in [5, 5.41) is 2.39. The van der Waals surface area contributed by atoms with E-state index in [4.69, 9.17) is 27.9 Å². The molecule has 1 aromatic heterocycles. The van der Waals surface area contributed by atoms with Crippen LogP contribution in [0, 0.1) is 5.92 Å². The van der Waals surface area contributed by atoms with Crippen LogP contribution in [0.15, 0.2) is 39.9 Å². The van der Waals surface area contributed by atoms with Gasteiger partial charge < -0.3 is 4.74 Å². The number of ether oxygens (including phenoxy) is 1. The highest BCUT2D eigenvalue weighted by atomic mass is 35.5. The summed E-state index contributed by atoms with van der Waals surface area (Å²) in [7, 11) is -3.57. The van der Waals surface area contributed by atoms with Crippen LogP contribution in [0.25, 0.3) is 0 Å². The van der Waals surface area contributed by atoms with Gasteiger partial charge in [0, 0.05) is 18.1 Å². The van der Waals surface area contributed by atoms with Gasteiger partial charge in [0.05, 0.1) is 10.9 Å². The maximum atomic E-state index is 12.6. The molecular weight excluding hydrogens is 405 g/mol. The lowest BCUT2D eigenvalue weighted by atomic mass is 10.00. The van der Waals surface area contributed by atoms with E-state index in [0.717, 1.165) is 11.3 Å². The number of piperidine rings is 1. The fourth-order valence-corrected chi connectivity index (χ4v) is 5.76. The maximum absolute atomic E-state index is 12.6. The Bertz CT molecular complexity index is 868. The van der Waals surface area contributed by atoms with Crippen molar-refractivity contribution < 1.29 is 17.9 Å². The van der Waals surface area contributed by atoms with Gasteiger partial charge in [-0.25, -0.2) is 8.42 Å². The third-order valence-corrected chi connectivity index (χ3v) is 7.68. The third-order valence-electron chi connectivity index (χ3n) is 3.91. The Morgan fingerprint density at radius 2 is 2.08 bits per heavy atom. The minimum absolute atomic E-state index is 0.101. The van der Waals surface area contributed by atoms with E-state index in [1.54, 1.807) is 23.6 Å². The second-order valence-electron chi connectivity index (χ2n) is 5.63. The number of rotatable bonds is 4. The first kappa shape index (κ1) is 18.7. The highest BCUT2D eigenvalue weighted by molar-refractivity contribution is 7.91. The van der Waals surface area contributed by atoms with Gasteiger partial charge in [0.25, 0.3) is 10.0 Å². The van der Waals surface area contributed by atoms with Gasteiger partial charge in [-0.3, -0.25) is 4.79 Å². The van der Waals surface area contributed by atoms with Crippen LogP contribution < -0.4 is 4.74 Å². The number of carbonyl (C=O) groups excluding carboxylic acids is 1. The molecule has 1 unspecified atom stereocenters. The number of thiophene rings is 1. The first-order valence-electron chi connectivity index (χ1n) is 7.58. The maximum Gasteiger partial charge on any atom is 0.315 e. The number of benzene rings is 1. The predicted octanol–water partition coefficient (Wildman–Crippen LogP) is 4.06. The molecule has 1 fully saturated rings. The minimum atomic E-state index is -3.57. The van der Waals surface area contributed by atoms with Crippen LogP contribution in [0.1, 0.15) is 12.8 Å². The van der Waals surface area contributed by atoms with Gasteiger partial charge in [0.15, 0.2) is 0 Å². The molecule has 5 nitrogen and oxygen atoms in total. The van der Waals surface area contributed by atoms with Gasteiger partial charge in [-0.15, -0.1) is 11.3 Å². The highest BCUT2D eigenvalue weighted by Gasteiger charge is 2.34. The molecule has 1 aliphatic rings. The lowest BCUT2D eigenvalue weighted by Gasteiger charge is -2.30. The summed E-state index contributed by atoms with van der Waals surface area (Å²) >= 11 is 13.0.